The molecular formula is C18H19N3O5S. The summed E-state index contributed by atoms with van der Waals surface area (Å²) in [6.07, 6.45) is 0. The Labute approximate surface area is 159 Å². The summed E-state index contributed by atoms with van der Waals surface area (Å²) in [5, 5.41) is 5.45. The first kappa shape index (κ1) is 20.1. The summed E-state index contributed by atoms with van der Waals surface area (Å²) in [7, 11) is 0. The van der Waals surface area contributed by atoms with Crippen molar-refractivity contribution in [3.05, 3.63) is 45.8 Å². The molecule has 3 amide bonds. The smallest absolute Gasteiger partial charge is 0.341 e. The highest BCUT2D eigenvalue weighted by Gasteiger charge is 2.22. The molecule has 0 fully saturated rings. The SMILES string of the molecule is CC(=O)Nc1sc(C)c(C)c1C(=O)OCC(=O)Nc1ccccc1C(N)=O. The molecule has 1 aromatic heterocycles. The molecule has 0 aliphatic rings. The van der Waals surface area contributed by atoms with Gasteiger partial charge in [0.05, 0.1) is 16.8 Å². The first-order valence-electron chi connectivity index (χ1n) is 7.94. The maximum Gasteiger partial charge on any atom is 0.341 e. The lowest BCUT2D eigenvalue weighted by Gasteiger charge is -2.10. The number of hydrogen-bond donors (Lipinski definition) is 3. The lowest BCUT2D eigenvalue weighted by molar-refractivity contribution is -0.119. The number of primary amides is 1. The largest absolute Gasteiger partial charge is 0.452 e. The Morgan fingerprint density at radius 3 is 2.41 bits per heavy atom. The van der Waals surface area contributed by atoms with Gasteiger partial charge in [0.25, 0.3) is 11.8 Å². The number of amides is 3. The second kappa shape index (κ2) is 8.45. The molecule has 1 aromatic carbocycles. The van der Waals surface area contributed by atoms with E-state index >= 15 is 0 Å². The zero-order valence-electron chi connectivity index (χ0n) is 15.0. The van der Waals surface area contributed by atoms with Crippen molar-refractivity contribution in [2.24, 2.45) is 5.73 Å². The molecule has 0 bridgehead atoms. The van der Waals surface area contributed by atoms with Crippen LogP contribution in [-0.4, -0.2) is 30.3 Å². The van der Waals surface area contributed by atoms with Gasteiger partial charge in [-0.25, -0.2) is 4.79 Å². The van der Waals surface area contributed by atoms with Crippen molar-refractivity contribution in [2.45, 2.75) is 20.8 Å². The van der Waals surface area contributed by atoms with Crippen LogP contribution in [0.25, 0.3) is 0 Å². The van der Waals surface area contributed by atoms with Crippen LogP contribution in [0.1, 0.15) is 38.1 Å². The molecule has 27 heavy (non-hydrogen) atoms. The Balaban J connectivity index is 2.07. The van der Waals surface area contributed by atoms with E-state index in [0.717, 1.165) is 4.88 Å². The molecule has 0 saturated carbocycles. The molecule has 8 nitrogen and oxygen atoms in total. The fourth-order valence-electron chi connectivity index (χ4n) is 2.32. The molecule has 0 radical (unpaired) electrons. The summed E-state index contributed by atoms with van der Waals surface area (Å²) in [5.41, 5.74) is 6.53. The van der Waals surface area contributed by atoms with Crippen LogP contribution < -0.4 is 16.4 Å². The van der Waals surface area contributed by atoms with Gasteiger partial charge in [-0.15, -0.1) is 11.3 Å². The third kappa shape index (κ3) is 4.91. The number of thiophene rings is 1. The van der Waals surface area contributed by atoms with E-state index in [2.05, 4.69) is 10.6 Å². The van der Waals surface area contributed by atoms with Gasteiger partial charge in [-0.2, -0.15) is 0 Å². The number of nitrogens with two attached hydrogens (primary N) is 1. The van der Waals surface area contributed by atoms with E-state index in [4.69, 9.17) is 10.5 Å². The van der Waals surface area contributed by atoms with Gasteiger partial charge in [0.15, 0.2) is 6.61 Å². The van der Waals surface area contributed by atoms with Crippen molar-refractivity contribution in [3.63, 3.8) is 0 Å². The van der Waals surface area contributed by atoms with E-state index in [9.17, 15) is 19.2 Å². The average molecular weight is 389 g/mol. The summed E-state index contributed by atoms with van der Waals surface area (Å²) in [6.45, 7) is 4.33. The molecule has 9 heteroatoms. The normalized spacial score (nSPS) is 10.2. The fraction of sp³-hybridized carbons (Fsp3) is 0.222. The molecule has 0 spiro atoms. The first-order valence-corrected chi connectivity index (χ1v) is 8.75. The maximum absolute atomic E-state index is 12.4. The molecule has 0 aliphatic carbocycles. The second-order valence-electron chi connectivity index (χ2n) is 5.70. The standard InChI is InChI=1S/C18H19N3O5S/c1-9-10(2)27-17(20-11(3)22)15(9)18(25)26-8-14(23)21-13-7-5-4-6-12(13)16(19)24/h4-7H,8H2,1-3H3,(H2,19,24)(H,20,22)(H,21,23). The van der Waals surface area contributed by atoms with E-state index in [-0.39, 0.29) is 22.7 Å². The van der Waals surface area contributed by atoms with Crippen LogP contribution in [0.5, 0.6) is 0 Å². The van der Waals surface area contributed by atoms with Gasteiger partial charge in [-0.1, -0.05) is 12.1 Å². The summed E-state index contributed by atoms with van der Waals surface area (Å²) in [4.78, 5) is 48.0. The summed E-state index contributed by atoms with van der Waals surface area (Å²) < 4.78 is 5.07. The summed E-state index contributed by atoms with van der Waals surface area (Å²) in [5.74, 6) is -2.35. The molecule has 2 rings (SSSR count). The number of nitrogens with one attached hydrogen (secondary N) is 2. The Morgan fingerprint density at radius 1 is 1.11 bits per heavy atom. The molecule has 0 saturated heterocycles. The number of anilines is 2. The van der Waals surface area contributed by atoms with Gasteiger partial charge >= 0.3 is 5.97 Å². The predicted octanol–water partition coefficient (Wildman–Crippen LogP) is 2.22. The summed E-state index contributed by atoms with van der Waals surface area (Å²) >= 11 is 1.25. The minimum absolute atomic E-state index is 0.148. The first-order chi connectivity index (χ1) is 12.7. The van der Waals surface area contributed by atoms with E-state index in [1.54, 1.807) is 19.1 Å². The van der Waals surface area contributed by atoms with Crippen LogP contribution in [0.2, 0.25) is 0 Å². The van der Waals surface area contributed by atoms with Gasteiger partial charge in [0.2, 0.25) is 5.91 Å². The zero-order chi connectivity index (χ0) is 20.1. The highest BCUT2D eigenvalue weighted by atomic mass is 32.1. The molecule has 0 aliphatic heterocycles. The van der Waals surface area contributed by atoms with Crippen LogP contribution in [0.4, 0.5) is 10.7 Å². The second-order valence-corrected chi connectivity index (χ2v) is 6.93. The minimum Gasteiger partial charge on any atom is -0.452 e. The quantitative estimate of drug-likeness (QED) is 0.653. The number of hydrogen-bond acceptors (Lipinski definition) is 6. The van der Waals surface area contributed by atoms with Gasteiger partial charge in [0, 0.05) is 11.8 Å². The lowest BCUT2D eigenvalue weighted by Crippen LogP contribution is -2.23. The van der Waals surface area contributed by atoms with Crippen molar-refractivity contribution < 1.29 is 23.9 Å². The van der Waals surface area contributed by atoms with E-state index in [1.165, 1.54) is 30.4 Å². The number of rotatable bonds is 6. The molecular weight excluding hydrogens is 370 g/mol. The fourth-order valence-corrected chi connectivity index (χ4v) is 3.41. The van der Waals surface area contributed by atoms with Crippen molar-refractivity contribution in [1.29, 1.82) is 0 Å². The maximum atomic E-state index is 12.4. The monoisotopic (exact) mass is 389 g/mol. The third-order valence-electron chi connectivity index (χ3n) is 3.68. The number of benzene rings is 1. The Hall–Kier alpha value is -3.20. The number of carbonyl (C=O) groups excluding carboxylic acids is 4. The van der Waals surface area contributed by atoms with Crippen LogP contribution in [-0.2, 0) is 14.3 Å². The molecule has 2 aromatic rings. The van der Waals surface area contributed by atoms with Crippen molar-refractivity contribution in [3.8, 4) is 0 Å². The highest BCUT2D eigenvalue weighted by molar-refractivity contribution is 7.16. The molecule has 142 valence electrons. The van der Waals surface area contributed by atoms with Gasteiger partial charge in [-0.05, 0) is 31.5 Å². The van der Waals surface area contributed by atoms with E-state index < -0.39 is 24.4 Å². The van der Waals surface area contributed by atoms with Gasteiger partial charge in [0.1, 0.15) is 5.00 Å². The van der Waals surface area contributed by atoms with E-state index in [1.807, 2.05) is 6.92 Å². The number of esters is 1. The van der Waals surface area contributed by atoms with Crippen LogP contribution in [0, 0.1) is 13.8 Å². The van der Waals surface area contributed by atoms with E-state index in [0.29, 0.717) is 10.6 Å². The van der Waals surface area contributed by atoms with Crippen LogP contribution >= 0.6 is 11.3 Å². The lowest BCUT2D eigenvalue weighted by atomic mass is 10.1. The average Bonchev–Trinajstić information content (AvgIpc) is 2.86. The topological polar surface area (TPSA) is 128 Å². The number of ether oxygens (including phenoxy) is 1. The highest BCUT2D eigenvalue weighted by Crippen LogP contribution is 2.33. The Bertz CT molecular complexity index is 920. The third-order valence-corrected chi connectivity index (χ3v) is 4.80. The predicted molar refractivity (Wildman–Crippen MR) is 102 cm³/mol. The molecule has 0 unspecified atom stereocenters. The van der Waals surface area contributed by atoms with Crippen LogP contribution in [0.3, 0.4) is 0 Å². The Kier molecular flexibility index (Phi) is 6.30. The molecule has 0 atom stereocenters. The number of para-hydroxylation sites is 1. The minimum atomic E-state index is -0.723. The molecule has 4 N–H and O–H groups in total. The Morgan fingerprint density at radius 2 is 1.78 bits per heavy atom. The van der Waals surface area contributed by atoms with Crippen LogP contribution in [0.15, 0.2) is 24.3 Å². The number of aryl methyl sites for hydroxylation is 1. The van der Waals surface area contributed by atoms with Crippen molar-refractivity contribution in [1.82, 2.24) is 0 Å². The van der Waals surface area contributed by atoms with Crippen molar-refractivity contribution in [2.75, 3.05) is 17.2 Å². The van der Waals surface area contributed by atoms with Gasteiger partial charge < -0.3 is 21.1 Å². The number of carbonyl (C=O) groups is 4. The van der Waals surface area contributed by atoms with Gasteiger partial charge in [-0.3, -0.25) is 14.4 Å². The van der Waals surface area contributed by atoms with Crippen molar-refractivity contribution >= 4 is 45.7 Å². The zero-order valence-corrected chi connectivity index (χ0v) is 15.9. The molecule has 1 heterocycles. The summed E-state index contributed by atoms with van der Waals surface area (Å²) in [6, 6.07) is 6.23.